The van der Waals surface area contributed by atoms with Gasteiger partial charge in [-0.2, -0.15) is 13.9 Å². The van der Waals surface area contributed by atoms with E-state index in [1.54, 1.807) is 23.6 Å². The number of benzene rings is 1. The van der Waals surface area contributed by atoms with Crippen LogP contribution in [0.2, 0.25) is 0 Å². The molecule has 1 amide bonds. The molecule has 2 saturated heterocycles. The van der Waals surface area contributed by atoms with Gasteiger partial charge in [-0.25, -0.2) is 14.6 Å². The van der Waals surface area contributed by atoms with Crippen LogP contribution in [0.25, 0.3) is 27.3 Å². The number of aryl methyl sites for hydroxylation is 1. The second-order valence-corrected chi connectivity index (χ2v) is 15.2. The number of nitrogens with zero attached hydrogens (tertiary/aromatic N) is 9. The van der Waals surface area contributed by atoms with Crippen LogP contribution in [0.15, 0.2) is 90.6 Å². The molecule has 2 fully saturated rings. The van der Waals surface area contributed by atoms with E-state index in [1.807, 2.05) is 54.5 Å². The number of amides is 1. The molecular weight excluding hydrogens is 701 g/mol. The average molecular weight is 740 g/mol. The van der Waals surface area contributed by atoms with Crippen LogP contribution < -0.4 is 5.56 Å². The molecule has 1 aromatic carbocycles. The van der Waals surface area contributed by atoms with Crippen molar-refractivity contribution in [3.63, 3.8) is 0 Å². The molecule has 0 saturated carbocycles. The highest BCUT2D eigenvalue weighted by Gasteiger charge is 2.41. The Hall–Kier alpha value is -5.12. The predicted octanol–water partition coefficient (Wildman–Crippen LogP) is 5.27. The number of piperidine rings is 2. The fourth-order valence-electron chi connectivity index (χ4n) is 7.61. The van der Waals surface area contributed by atoms with Crippen LogP contribution in [0.5, 0.6) is 0 Å². The lowest BCUT2D eigenvalue weighted by molar-refractivity contribution is -0.142. The first-order valence-electron chi connectivity index (χ1n) is 17.7. The summed E-state index contributed by atoms with van der Waals surface area (Å²) in [7, 11) is 0. The van der Waals surface area contributed by atoms with E-state index in [9.17, 15) is 23.5 Å². The minimum atomic E-state index is -2.78. The fourth-order valence-corrected chi connectivity index (χ4v) is 8.56. The van der Waals surface area contributed by atoms with Gasteiger partial charge in [0.15, 0.2) is 5.65 Å². The molecule has 2 aliphatic rings. The maximum absolute atomic E-state index is 14.2. The summed E-state index contributed by atoms with van der Waals surface area (Å²) in [6.45, 7) is 2.25. The van der Waals surface area contributed by atoms with Gasteiger partial charge in [0.05, 0.1) is 35.6 Å². The molecule has 0 radical (unpaired) electrons. The van der Waals surface area contributed by atoms with Crippen LogP contribution in [0.3, 0.4) is 0 Å². The maximum atomic E-state index is 14.2. The number of likely N-dealkylation sites (tertiary alicyclic amines) is 2. The van der Waals surface area contributed by atoms with E-state index in [0.29, 0.717) is 47.3 Å². The number of thiazole rings is 1. The van der Waals surface area contributed by atoms with Crippen molar-refractivity contribution >= 4 is 28.3 Å². The van der Waals surface area contributed by atoms with E-state index >= 15 is 0 Å². The topological polar surface area (TPSA) is 127 Å². The zero-order valence-corrected chi connectivity index (χ0v) is 29.9. The summed E-state index contributed by atoms with van der Waals surface area (Å²) >= 11 is 1.67. The highest BCUT2D eigenvalue weighted by atomic mass is 32.1. The fraction of sp³-hybridized carbons (Fsp3) is 0.368. The smallest absolute Gasteiger partial charge is 0.333 e. The van der Waals surface area contributed by atoms with Gasteiger partial charge in [0, 0.05) is 72.7 Å². The number of rotatable bonds is 9. The third kappa shape index (κ3) is 7.15. The summed E-state index contributed by atoms with van der Waals surface area (Å²) in [4.78, 5) is 46.6. The third-order valence-corrected chi connectivity index (χ3v) is 11.6. The van der Waals surface area contributed by atoms with Crippen LogP contribution in [-0.4, -0.2) is 86.5 Å². The summed E-state index contributed by atoms with van der Waals surface area (Å²) in [5, 5.41) is 16.5. The highest BCUT2D eigenvalue weighted by Crippen LogP contribution is 2.37. The monoisotopic (exact) mass is 739 g/mol. The Kier molecular flexibility index (Phi) is 9.47. The summed E-state index contributed by atoms with van der Waals surface area (Å²) in [5.41, 5.74) is 2.22. The minimum Gasteiger partial charge on any atom is -0.388 e. The lowest BCUT2D eigenvalue weighted by Crippen LogP contribution is -2.53. The Morgan fingerprint density at radius 3 is 2.57 bits per heavy atom. The maximum Gasteiger partial charge on any atom is 0.333 e. The summed E-state index contributed by atoms with van der Waals surface area (Å²) in [5.74, 6) is -0.0776. The Labute approximate surface area is 308 Å². The van der Waals surface area contributed by atoms with Crippen LogP contribution in [0, 0.1) is 12.8 Å². The summed E-state index contributed by atoms with van der Waals surface area (Å²) < 4.78 is 29.6. The average Bonchev–Trinajstić information content (AvgIpc) is 3.94. The highest BCUT2D eigenvalue weighted by molar-refractivity contribution is 7.15. The Morgan fingerprint density at radius 2 is 1.83 bits per heavy atom. The first kappa shape index (κ1) is 34.9. The molecule has 0 spiro atoms. The second-order valence-electron chi connectivity index (χ2n) is 14.1. The van der Waals surface area contributed by atoms with Crippen molar-refractivity contribution in [2.24, 2.45) is 5.92 Å². The Bertz CT molecular complexity index is 2280. The van der Waals surface area contributed by atoms with Crippen molar-refractivity contribution in [1.82, 2.24) is 43.7 Å². The lowest BCUT2D eigenvalue weighted by Gasteiger charge is -2.43. The van der Waals surface area contributed by atoms with Crippen molar-refractivity contribution < 1.29 is 18.7 Å². The largest absolute Gasteiger partial charge is 0.388 e. The first-order valence-corrected chi connectivity index (χ1v) is 18.5. The van der Waals surface area contributed by atoms with E-state index in [0.717, 1.165) is 47.9 Å². The number of aromatic nitrogens is 7. The molecule has 0 unspecified atom stereocenters. The number of pyridine rings is 1. The quantitative estimate of drug-likeness (QED) is 0.213. The molecule has 2 aliphatic heterocycles. The third-order valence-electron chi connectivity index (χ3n) is 10.5. The van der Waals surface area contributed by atoms with E-state index in [-0.39, 0.29) is 29.8 Å². The molecule has 5 aromatic heterocycles. The molecule has 7 heterocycles. The number of alkyl halides is 2. The van der Waals surface area contributed by atoms with Gasteiger partial charge in [-0.3, -0.25) is 28.6 Å². The molecule has 0 aliphatic carbocycles. The minimum absolute atomic E-state index is 0.0142. The van der Waals surface area contributed by atoms with Crippen molar-refractivity contribution in [3.05, 3.63) is 112 Å². The second kappa shape index (κ2) is 14.4. The zero-order chi connectivity index (χ0) is 36.7. The predicted molar refractivity (Wildman–Crippen MR) is 196 cm³/mol. The van der Waals surface area contributed by atoms with Gasteiger partial charge in [0.25, 0.3) is 5.56 Å². The van der Waals surface area contributed by atoms with Crippen LogP contribution in [-0.2, 0) is 17.9 Å². The molecule has 0 bridgehead atoms. The van der Waals surface area contributed by atoms with Crippen molar-refractivity contribution in [2.75, 3.05) is 26.2 Å². The van der Waals surface area contributed by atoms with Crippen LogP contribution >= 0.6 is 11.3 Å². The van der Waals surface area contributed by atoms with Gasteiger partial charge < -0.3 is 10.0 Å². The van der Waals surface area contributed by atoms with E-state index in [2.05, 4.69) is 37.1 Å². The molecule has 8 rings (SSSR count). The standard InChI is InChI=1S/C38H39F2N9O3S/c1-25-7-8-27(17-41-25)34-42-19-29(53-34)21-45-13-9-30(32(22-45)26-5-3-2-4-6-26)35(50)46-15-11-38(52,12-16-46)23-47-24-43-33-31(36(47)51)10-14-48(33)28-18-44-49(20-28)37(39)40/h2-8,10,14,17-20,24,30,32,37,52H,9,11-13,15-16,21-23H2,1H3/t30-,32+/m1/s1. The molecule has 15 heteroatoms. The van der Waals surface area contributed by atoms with Crippen molar-refractivity contribution in [2.45, 2.75) is 57.3 Å². The van der Waals surface area contributed by atoms with E-state index in [4.69, 9.17) is 0 Å². The molecule has 12 nitrogen and oxygen atoms in total. The SMILES string of the molecule is Cc1ccc(-c2ncc(CN3CC[C@@H](C(=O)N4CCC(O)(Cn5cnc6c(ccn6-c6cnn(C(F)F)c6)c5=O)CC4)[C@H](c4ccccc4)C3)s2)cn1. The van der Waals surface area contributed by atoms with Gasteiger partial charge in [0.1, 0.15) is 11.3 Å². The Morgan fingerprint density at radius 1 is 1.02 bits per heavy atom. The molecule has 1 N–H and O–H groups in total. The Balaban J connectivity index is 0.924. The number of hydrogen-bond donors (Lipinski definition) is 1. The first-order chi connectivity index (χ1) is 25.6. The van der Waals surface area contributed by atoms with Gasteiger partial charge in [-0.05, 0) is 56.5 Å². The van der Waals surface area contributed by atoms with E-state index < -0.39 is 12.2 Å². The van der Waals surface area contributed by atoms with Crippen molar-refractivity contribution in [3.8, 4) is 16.3 Å². The van der Waals surface area contributed by atoms with Crippen LogP contribution in [0.1, 0.15) is 47.9 Å². The summed E-state index contributed by atoms with van der Waals surface area (Å²) in [6.07, 6.45) is 10.6. The molecule has 6 aromatic rings. The lowest BCUT2D eigenvalue weighted by atomic mass is 9.79. The number of carbonyl (C=O) groups excluding carboxylic acids is 1. The number of halogens is 2. The number of aliphatic hydroxyl groups is 1. The van der Waals surface area contributed by atoms with Gasteiger partial charge in [-0.15, -0.1) is 11.3 Å². The van der Waals surface area contributed by atoms with Crippen LogP contribution in [0.4, 0.5) is 8.78 Å². The van der Waals surface area contributed by atoms with Crippen molar-refractivity contribution in [1.29, 1.82) is 0 Å². The summed E-state index contributed by atoms with van der Waals surface area (Å²) in [6, 6.07) is 15.9. The van der Waals surface area contributed by atoms with Gasteiger partial charge >= 0.3 is 6.55 Å². The van der Waals surface area contributed by atoms with E-state index in [1.165, 1.54) is 32.7 Å². The van der Waals surface area contributed by atoms with Gasteiger partial charge in [-0.1, -0.05) is 30.3 Å². The number of fused-ring (bicyclic) bond motifs is 1. The molecule has 53 heavy (non-hydrogen) atoms. The zero-order valence-electron chi connectivity index (χ0n) is 29.1. The molecule has 274 valence electrons. The van der Waals surface area contributed by atoms with Gasteiger partial charge in [0.2, 0.25) is 5.91 Å². The normalized spacial score (nSPS) is 19.3. The number of carbonyl (C=O) groups is 1. The molecule has 2 atom stereocenters. The number of hydrogen-bond acceptors (Lipinski definition) is 9. The molecular formula is C38H39F2N9O3S.